The first-order valence-electron chi connectivity index (χ1n) is 9.34. The molecule has 0 saturated carbocycles. The van der Waals surface area contributed by atoms with Crippen LogP contribution in [-0.4, -0.2) is 44.2 Å². The topological polar surface area (TPSA) is 80.7 Å². The molecule has 0 aromatic heterocycles. The molecule has 0 aliphatic heterocycles. The number of aliphatic hydroxyl groups is 1. The average molecular weight is 423 g/mol. The number of benzene rings is 2. The summed E-state index contributed by atoms with van der Waals surface area (Å²) in [5.41, 5.74) is 5.07. The molecule has 2 aromatic rings. The number of aliphatic hydroxyl groups excluding tert-OH is 1. The van der Waals surface area contributed by atoms with Gasteiger partial charge in [-0.3, -0.25) is 4.79 Å². The van der Waals surface area contributed by atoms with Crippen LogP contribution in [0.15, 0.2) is 30.3 Å². The number of carbonyl (C=O) groups is 1. The number of hydrogen-bond donors (Lipinski definition) is 1. The van der Waals surface area contributed by atoms with Crippen LogP contribution in [0.25, 0.3) is 11.1 Å². The Kier molecular flexibility index (Phi) is 7.54. The second-order valence-corrected chi connectivity index (χ2v) is 9.60. The van der Waals surface area contributed by atoms with Gasteiger partial charge in [-0.05, 0) is 67.1 Å². The van der Waals surface area contributed by atoms with Crippen molar-refractivity contribution in [2.75, 3.05) is 18.6 Å². The van der Waals surface area contributed by atoms with E-state index in [1.807, 2.05) is 26.0 Å². The fourth-order valence-corrected chi connectivity index (χ4v) is 4.75. The van der Waals surface area contributed by atoms with Gasteiger partial charge in [0, 0.05) is 0 Å². The Bertz CT molecular complexity index is 999. The number of halogens is 1. The Balaban J connectivity index is 2.26. The zero-order valence-electron chi connectivity index (χ0n) is 17.2. The number of rotatable bonds is 8. The molecule has 0 aliphatic rings. The van der Waals surface area contributed by atoms with Crippen LogP contribution >= 0.6 is 0 Å². The summed E-state index contributed by atoms with van der Waals surface area (Å²) in [5, 5.41) is 9.85. The Labute approximate surface area is 171 Å². The molecule has 0 amide bonds. The molecule has 0 fully saturated rings. The fourth-order valence-electron chi connectivity index (χ4n) is 3.37. The Morgan fingerprint density at radius 1 is 1.14 bits per heavy atom. The number of methoxy groups -OCH3 is 1. The number of aryl methyl sites for hydroxylation is 3. The molecule has 0 bridgehead atoms. The third-order valence-electron chi connectivity index (χ3n) is 4.83. The Morgan fingerprint density at radius 2 is 1.83 bits per heavy atom. The average Bonchev–Trinajstić information content (AvgIpc) is 2.61. The first-order valence-corrected chi connectivity index (χ1v) is 11.2. The van der Waals surface area contributed by atoms with E-state index in [9.17, 15) is 22.7 Å². The van der Waals surface area contributed by atoms with E-state index in [1.54, 1.807) is 19.1 Å². The highest BCUT2D eigenvalue weighted by molar-refractivity contribution is 7.91. The fraction of sp³-hybridized carbons (Fsp3) is 0.409. The first kappa shape index (κ1) is 23.0. The van der Waals surface area contributed by atoms with Gasteiger partial charge in [0.25, 0.3) is 0 Å². The van der Waals surface area contributed by atoms with Crippen molar-refractivity contribution in [1.82, 2.24) is 0 Å². The van der Waals surface area contributed by atoms with Crippen molar-refractivity contribution in [3.63, 3.8) is 0 Å². The van der Waals surface area contributed by atoms with Gasteiger partial charge in [-0.1, -0.05) is 23.8 Å². The lowest BCUT2D eigenvalue weighted by atomic mass is 9.91. The van der Waals surface area contributed by atoms with Crippen LogP contribution in [0.5, 0.6) is 0 Å². The number of ether oxygens (including phenoxy) is 1. The van der Waals surface area contributed by atoms with Gasteiger partial charge in [0.1, 0.15) is 5.82 Å². The zero-order chi connectivity index (χ0) is 21.8. The maximum atomic E-state index is 13.7. The number of hydrogen-bond acceptors (Lipinski definition) is 5. The van der Waals surface area contributed by atoms with Crippen LogP contribution < -0.4 is 0 Å². The van der Waals surface area contributed by atoms with Crippen molar-refractivity contribution < 1.29 is 27.4 Å². The van der Waals surface area contributed by atoms with E-state index in [2.05, 4.69) is 4.74 Å². The number of sulfone groups is 1. The molecule has 5 nitrogen and oxygen atoms in total. The minimum absolute atomic E-state index is 0.164. The molecule has 7 heteroatoms. The van der Waals surface area contributed by atoms with Gasteiger partial charge in [-0.15, -0.1) is 0 Å². The SMILES string of the molecule is COC(=O)CC(O)CS(=O)(=O)CCc1c(C)cc(C)cc1-c1ccc(F)c(C)c1. The lowest BCUT2D eigenvalue weighted by molar-refractivity contribution is -0.142. The van der Waals surface area contributed by atoms with Gasteiger partial charge in [-0.25, -0.2) is 12.8 Å². The van der Waals surface area contributed by atoms with Gasteiger partial charge >= 0.3 is 5.97 Å². The molecule has 1 unspecified atom stereocenters. The van der Waals surface area contributed by atoms with E-state index in [0.717, 1.165) is 27.8 Å². The third kappa shape index (κ3) is 6.37. The van der Waals surface area contributed by atoms with Crippen LogP contribution in [0.3, 0.4) is 0 Å². The normalized spacial score (nSPS) is 12.6. The molecule has 158 valence electrons. The monoisotopic (exact) mass is 422 g/mol. The molecule has 0 radical (unpaired) electrons. The van der Waals surface area contributed by atoms with Crippen molar-refractivity contribution in [2.24, 2.45) is 0 Å². The van der Waals surface area contributed by atoms with Crippen molar-refractivity contribution >= 4 is 15.8 Å². The second-order valence-electron chi connectivity index (χ2n) is 7.37. The highest BCUT2D eigenvalue weighted by Gasteiger charge is 2.21. The van der Waals surface area contributed by atoms with E-state index in [-0.39, 0.29) is 24.4 Å². The molecule has 1 atom stereocenters. The van der Waals surface area contributed by atoms with Gasteiger partial charge in [0.2, 0.25) is 0 Å². The molecular formula is C22H27FO5S. The highest BCUT2D eigenvalue weighted by Crippen LogP contribution is 2.30. The van der Waals surface area contributed by atoms with E-state index >= 15 is 0 Å². The smallest absolute Gasteiger partial charge is 0.308 e. The minimum Gasteiger partial charge on any atom is -0.469 e. The maximum absolute atomic E-state index is 13.7. The zero-order valence-corrected chi connectivity index (χ0v) is 18.0. The molecule has 0 saturated heterocycles. The van der Waals surface area contributed by atoms with Crippen LogP contribution in [0.4, 0.5) is 4.39 Å². The molecular weight excluding hydrogens is 395 g/mol. The van der Waals surface area contributed by atoms with Gasteiger partial charge < -0.3 is 9.84 Å². The largest absolute Gasteiger partial charge is 0.469 e. The molecule has 2 rings (SSSR count). The summed E-state index contributed by atoms with van der Waals surface area (Å²) in [6.45, 7) is 5.56. The molecule has 0 spiro atoms. The van der Waals surface area contributed by atoms with Crippen molar-refractivity contribution in [3.8, 4) is 11.1 Å². The summed E-state index contributed by atoms with van der Waals surface area (Å²) in [4.78, 5) is 11.2. The van der Waals surface area contributed by atoms with Crippen molar-refractivity contribution in [3.05, 3.63) is 58.4 Å². The second kappa shape index (κ2) is 9.50. The standard InChI is InChI=1S/C22H27FO5S/c1-14-9-15(2)19(20(10-14)17-5-6-21(23)16(3)11-17)7-8-29(26,27)13-18(24)12-22(25)28-4/h5-6,9-11,18,24H,7-8,12-13H2,1-4H3. The van der Waals surface area contributed by atoms with Gasteiger partial charge in [-0.2, -0.15) is 0 Å². The van der Waals surface area contributed by atoms with E-state index in [0.29, 0.717) is 5.56 Å². The van der Waals surface area contributed by atoms with E-state index in [4.69, 9.17) is 0 Å². The molecule has 29 heavy (non-hydrogen) atoms. The van der Waals surface area contributed by atoms with Gasteiger partial charge in [0.05, 0.1) is 31.1 Å². The predicted octanol–water partition coefficient (Wildman–Crippen LogP) is 3.30. The third-order valence-corrected chi connectivity index (χ3v) is 6.54. The maximum Gasteiger partial charge on any atom is 0.308 e. The van der Waals surface area contributed by atoms with Crippen molar-refractivity contribution in [2.45, 2.75) is 39.7 Å². The molecule has 2 aromatic carbocycles. The summed E-state index contributed by atoms with van der Waals surface area (Å²) >= 11 is 0. The summed E-state index contributed by atoms with van der Waals surface area (Å²) in [6.07, 6.45) is -1.41. The summed E-state index contributed by atoms with van der Waals surface area (Å²) in [5.74, 6) is -1.61. The summed E-state index contributed by atoms with van der Waals surface area (Å²) in [6, 6.07) is 8.80. The van der Waals surface area contributed by atoms with E-state index < -0.39 is 27.7 Å². The number of carbonyl (C=O) groups excluding carboxylic acids is 1. The van der Waals surface area contributed by atoms with Gasteiger partial charge in [0.15, 0.2) is 9.84 Å². The number of esters is 1. The highest BCUT2D eigenvalue weighted by atomic mass is 32.2. The quantitative estimate of drug-likeness (QED) is 0.660. The molecule has 0 heterocycles. The predicted molar refractivity (Wildman–Crippen MR) is 111 cm³/mol. The molecule has 0 aliphatic carbocycles. The van der Waals surface area contributed by atoms with Crippen molar-refractivity contribution in [1.29, 1.82) is 0 Å². The van der Waals surface area contributed by atoms with Crippen LogP contribution in [0.1, 0.15) is 28.7 Å². The Morgan fingerprint density at radius 3 is 2.45 bits per heavy atom. The lowest BCUT2D eigenvalue weighted by Gasteiger charge is -2.16. The minimum atomic E-state index is -3.59. The lowest BCUT2D eigenvalue weighted by Crippen LogP contribution is -2.26. The summed E-state index contributed by atoms with van der Waals surface area (Å²) in [7, 11) is -2.41. The van der Waals surface area contributed by atoms with Crippen LogP contribution in [0, 0.1) is 26.6 Å². The van der Waals surface area contributed by atoms with Crippen LogP contribution in [0.2, 0.25) is 0 Å². The molecule has 1 N–H and O–H groups in total. The van der Waals surface area contributed by atoms with E-state index in [1.165, 1.54) is 13.2 Å². The summed E-state index contributed by atoms with van der Waals surface area (Å²) < 4.78 is 43.0. The Hall–Kier alpha value is -2.25. The van der Waals surface area contributed by atoms with Crippen LogP contribution in [-0.2, 0) is 25.8 Å². The first-order chi connectivity index (χ1) is 13.5.